The predicted molar refractivity (Wildman–Crippen MR) is 77.3 cm³/mol. The molecule has 2 aromatic rings. The van der Waals surface area contributed by atoms with Gasteiger partial charge in [-0.2, -0.15) is 0 Å². The van der Waals surface area contributed by atoms with Crippen LogP contribution in [-0.2, 0) is 9.59 Å². The first kappa shape index (κ1) is 14.0. The van der Waals surface area contributed by atoms with Crippen molar-refractivity contribution in [2.24, 2.45) is 0 Å². The Morgan fingerprint density at radius 1 is 1.00 bits per heavy atom. The minimum absolute atomic E-state index is 0.0213. The minimum atomic E-state index is -0.710. The molecule has 0 aromatic heterocycles. The quantitative estimate of drug-likeness (QED) is 0.579. The number of carbonyl (C=O) groups is 2. The standard InChI is InChI=1S/C15H16N2O3/c18-9-3-8-16-14(19)15(20)17-13-7-6-11-4-1-2-5-12(11)10-13/h1-2,4-7,10,18H,3,8-9H2,(H,16,19)(H,17,20). The molecule has 2 aromatic carbocycles. The molecule has 2 amide bonds. The zero-order valence-electron chi connectivity index (χ0n) is 10.9. The van der Waals surface area contributed by atoms with Gasteiger partial charge in [-0.05, 0) is 29.3 Å². The highest BCUT2D eigenvalue weighted by Crippen LogP contribution is 2.18. The molecule has 104 valence electrons. The minimum Gasteiger partial charge on any atom is -0.396 e. The third-order valence-electron chi connectivity index (χ3n) is 2.83. The second-order valence-electron chi connectivity index (χ2n) is 4.35. The van der Waals surface area contributed by atoms with Crippen LogP contribution < -0.4 is 10.6 Å². The number of anilines is 1. The number of carbonyl (C=O) groups excluding carboxylic acids is 2. The van der Waals surface area contributed by atoms with Crippen LogP contribution in [0.15, 0.2) is 42.5 Å². The van der Waals surface area contributed by atoms with Gasteiger partial charge in [0.15, 0.2) is 0 Å². The molecule has 0 atom stereocenters. The van der Waals surface area contributed by atoms with Crippen LogP contribution in [0.5, 0.6) is 0 Å². The maximum atomic E-state index is 11.7. The summed E-state index contributed by atoms with van der Waals surface area (Å²) < 4.78 is 0. The van der Waals surface area contributed by atoms with E-state index in [0.29, 0.717) is 12.1 Å². The molecule has 0 bridgehead atoms. The number of aliphatic hydroxyl groups is 1. The van der Waals surface area contributed by atoms with Crippen molar-refractivity contribution in [1.82, 2.24) is 5.32 Å². The number of nitrogens with one attached hydrogen (secondary N) is 2. The molecule has 3 N–H and O–H groups in total. The van der Waals surface area contributed by atoms with Crippen molar-refractivity contribution in [3.05, 3.63) is 42.5 Å². The van der Waals surface area contributed by atoms with Gasteiger partial charge < -0.3 is 15.7 Å². The number of hydrogen-bond donors (Lipinski definition) is 3. The number of benzene rings is 2. The molecule has 0 fully saturated rings. The maximum Gasteiger partial charge on any atom is 0.313 e. The molecular weight excluding hydrogens is 256 g/mol. The molecule has 0 aliphatic rings. The molecule has 0 saturated heterocycles. The first-order valence-electron chi connectivity index (χ1n) is 6.39. The molecule has 5 nitrogen and oxygen atoms in total. The van der Waals surface area contributed by atoms with Gasteiger partial charge in [0.2, 0.25) is 0 Å². The SMILES string of the molecule is O=C(NCCCO)C(=O)Nc1ccc2ccccc2c1. The van der Waals surface area contributed by atoms with E-state index in [1.807, 2.05) is 36.4 Å². The third kappa shape index (κ3) is 3.55. The van der Waals surface area contributed by atoms with Crippen LogP contribution in [0.3, 0.4) is 0 Å². The zero-order valence-corrected chi connectivity index (χ0v) is 10.9. The highest BCUT2D eigenvalue weighted by molar-refractivity contribution is 6.39. The van der Waals surface area contributed by atoms with Crippen LogP contribution in [0.2, 0.25) is 0 Å². The Morgan fingerprint density at radius 3 is 2.50 bits per heavy atom. The summed E-state index contributed by atoms with van der Waals surface area (Å²) >= 11 is 0. The van der Waals surface area contributed by atoms with Crippen molar-refractivity contribution in [1.29, 1.82) is 0 Å². The fraction of sp³-hybridized carbons (Fsp3) is 0.200. The summed E-state index contributed by atoms with van der Waals surface area (Å²) in [5, 5.41) is 15.6. The van der Waals surface area contributed by atoms with Crippen LogP contribution in [0.4, 0.5) is 5.69 Å². The summed E-state index contributed by atoms with van der Waals surface area (Å²) in [6.07, 6.45) is 0.426. The Bertz CT molecular complexity index is 625. The van der Waals surface area contributed by atoms with Gasteiger partial charge in [0.1, 0.15) is 0 Å². The fourth-order valence-electron chi connectivity index (χ4n) is 1.82. The number of fused-ring (bicyclic) bond motifs is 1. The van der Waals surface area contributed by atoms with Crippen molar-refractivity contribution >= 4 is 28.3 Å². The molecule has 0 saturated carbocycles. The van der Waals surface area contributed by atoms with E-state index in [9.17, 15) is 9.59 Å². The van der Waals surface area contributed by atoms with E-state index in [-0.39, 0.29) is 13.2 Å². The van der Waals surface area contributed by atoms with Gasteiger partial charge in [0, 0.05) is 18.8 Å². The van der Waals surface area contributed by atoms with Gasteiger partial charge >= 0.3 is 11.8 Å². The molecular formula is C15H16N2O3. The third-order valence-corrected chi connectivity index (χ3v) is 2.83. The van der Waals surface area contributed by atoms with E-state index in [2.05, 4.69) is 10.6 Å². The Hall–Kier alpha value is -2.40. The van der Waals surface area contributed by atoms with Crippen molar-refractivity contribution < 1.29 is 14.7 Å². The first-order valence-corrected chi connectivity index (χ1v) is 6.39. The number of amides is 2. The highest BCUT2D eigenvalue weighted by atomic mass is 16.3. The molecule has 20 heavy (non-hydrogen) atoms. The van der Waals surface area contributed by atoms with Crippen LogP contribution in [0.25, 0.3) is 10.8 Å². The van der Waals surface area contributed by atoms with Gasteiger partial charge in [-0.25, -0.2) is 0 Å². The summed E-state index contributed by atoms with van der Waals surface area (Å²) in [7, 11) is 0. The fourth-order valence-corrected chi connectivity index (χ4v) is 1.82. The van der Waals surface area contributed by atoms with Crippen molar-refractivity contribution in [2.45, 2.75) is 6.42 Å². The average Bonchev–Trinajstić information content (AvgIpc) is 2.47. The first-order chi connectivity index (χ1) is 9.70. The second kappa shape index (κ2) is 6.68. The number of rotatable bonds is 4. The van der Waals surface area contributed by atoms with Crippen LogP contribution in [0.1, 0.15) is 6.42 Å². The molecule has 5 heteroatoms. The Balaban J connectivity index is 2.00. The Labute approximate surface area is 116 Å². The lowest BCUT2D eigenvalue weighted by molar-refractivity contribution is -0.136. The summed E-state index contributed by atoms with van der Waals surface area (Å²) in [5.74, 6) is -1.41. The largest absolute Gasteiger partial charge is 0.396 e. The predicted octanol–water partition coefficient (Wildman–Crippen LogP) is 1.28. The molecule has 0 spiro atoms. The lowest BCUT2D eigenvalue weighted by Crippen LogP contribution is -2.36. The van der Waals surface area contributed by atoms with E-state index >= 15 is 0 Å². The van der Waals surface area contributed by atoms with E-state index in [0.717, 1.165) is 10.8 Å². The monoisotopic (exact) mass is 272 g/mol. The molecule has 0 unspecified atom stereocenters. The van der Waals surface area contributed by atoms with Gasteiger partial charge in [-0.15, -0.1) is 0 Å². The number of aliphatic hydroxyl groups excluding tert-OH is 1. The number of hydrogen-bond acceptors (Lipinski definition) is 3. The smallest absolute Gasteiger partial charge is 0.313 e. The summed E-state index contributed by atoms with van der Waals surface area (Å²) in [6, 6.07) is 13.2. The average molecular weight is 272 g/mol. The van der Waals surface area contributed by atoms with Crippen molar-refractivity contribution in [3.63, 3.8) is 0 Å². The molecule has 2 rings (SSSR count). The van der Waals surface area contributed by atoms with Gasteiger partial charge in [0.25, 0.3) is 0 Å². The van der Waals surface area contributed by atoms with Crippen LogP contribution in [-0.4, -0.2) is 30.1 Å². The van der Waals surface area contributed by atoms with E-state index in [1.165, 1.54) is 0 Å². The van der Waals surface area contributed by atoms with Gasteiger partial charge in [-0.3, -0.25) is 9.59 Å². The molecule has 0 aliphatic carbocycles. The van der Waals surface area contributed by atoms with Gasteiger partial charge in [0.05, 0.1) is 0 Å². The zero-order chi connectivity index (χ0) is 14.4. The van der Waals surface area contributed by atoms with Gasteiger partial charge in [-0.1, -0.05) is 30.3 Å². The lowest BCUT2D eigenvalue weighted by Gasteiger charge is -2.07. The van der Waals surface area contributed by atoms with Crippen molar-refractivity contribution in [2.75, 3.05) is 18.5 Å². The maximum absolute atomic E-state index is 11.7. The van der Waals surface area contributed by atoms with E-state index in [4.69, 9.17) is 5.11 Å². The summed E-state index contributed by atoms with van der Waals surface area (Å²) in [4.78, 5) is 23.1. The molecule has 0 heterocycles. The lowest BCUT2D eigenvalue weighted by atomic mass is 10.1. The topological polar surface area (TPSA) is 78.4 Å². The molecule has 0 radical (unpaired) electrons. The second-order valence-corrected chi connectivity index (χ2v) is 4.35. The highest BCUT2D eigenvalue weighted by Gasteiger charge is 2.12. The summed E-state index contributed by atoms with van der Waals surface area (Å²) in [6.45, 7) is 0.257. The normalized spacial score (nSPS) is 10.2. The van der Waals surface area contributed by atoms with E-state index in [1.54, 1.807) is 6.07 Å². The summed E-state index contributed by atoms with van der Waals surface area (Å²) in [5.41, 5.74) is 0.575. The van der Waals surface area contributed by atoms with E-state index < -0.39 is 11.8 Å². The van der Waals surface area contributed by atoms with Crippen LogP contribution in [0, 0.1) is 0 Å². The van der Waals surface area contributed by atoms with Crippen molar-refractivity contribution in [3.8, 4) is 0 Å². The Kier molecular flexibility index (Phi) is 4.68. The molecule has 0 aliphatic heterocycles. The van der Waals surface area contributed by atoms with Crippen LogP contribution >= 0.6 is 0 Å². The Morgan fingerprint density at radius 2 is 1.75 bits per heavy atom.